The molecule has 0 saturated heterocycles. The molecule has 1 N–H and O–H groups in total. The van der Waals surface area contributed by atoms with Gasteiger partial charge >= 0.3 is 0 Å². The third-order valence-corrected chi connectivity index (χ3v) is 5.90. The minimum atomic E-state index is -0.516. The number of nitrogens with one attached hydrogen (secondary N) is 1. The van der Waals surface area contributed by atoms with Gasteiger partial charge in [0.25, 0.3) is 11.8 Å². The fourth-order valence-corrected chi connectivity index (χ4v) is 4.02. The van der Waals surface area contributed by atoms with Gasteiger partial charge in [0, 0.05) is 42.9 Å². The average Bonchev–Trinajstić information content (AvgIpc) is 3.15. The molecule has 2 heterocycles. The standard InChI is InChI=1S/C22H20BrCl2N5O3/c1-12-8-15(24)10-16(22(33)29(4)28(3)13(2)31)19(12)27-21(32)18-9-14(23)11-30(18)20-17(25)6-5-7-26-20/h5-11H,1-4H3,(H,27,32). The number of hydrazine groups is 1. The molecule has 172 valence electrons. The van der Waals surface area contributed by atoms with E-state index < -0.39 is 11.8 Å². The first-order valence-corrected chi connectivity index (χ1v) is 11.2. The second-order valence-electron chi connectivity index (χ2n) is 7.19. The third kappa shape index (κ3) is 5.21. The summed E-state index contributed by atoms with van der Waals surface area (Å²) in [4.78, 5) is 42.4. The fourth-order valence-electron chi connectivity index (χ4n) is 3.11. The number of pyridine rings is 1. The number of nitrogens with zero attached hydrogens (tertiary/aromatic N) is 4. The summed E-state index contributed by atoms with van der Waals surface area (Å²) >= 11 is 15.9. The van der Waals surface area contributed by atoms with Crippen LogP contribution in [0.15, 0.2) is 47.2 Å². The molecule has 3 amide bonds. The van der Waals surface area contributed by atoms with Gasteiger partial charge in [-0.2, -0.15) is 0 Å². The van der Waals surface area contributed by atoms with Crippen molar-refractivity contribution in [3.8, 4) is 5.82 Å². The maximum Gasteiger partial charge on any atom is 0.274 e. The van der Waals surface area contributed by atoms with E-state index in [4.69, 9.17) is 23.2 Å². The molecule has 33 heavy (non-hydrogen) atoms. The van der Waals surface area contributed by atoms with Crippen LogP contribution in [0.1, 0.15) is 33.3 Å². The van der Waals surface area contributed by atoms with E-state index in [1.165, 1.54) is 27.1 Å². The van der Waals surface area contributed by atoms with Crippen LogP contribution < -0.4 is 5.32 Å². The topological polar surface area (TPSA) is 87.5 Å². The number of hydrogen-bond donors (Lipinski definition) is 1. The van der Waals surface area contributed by atoms with Crippen LogP contribution in [0, 0.1) is 6.92 Å². The minimum absolute atomic E-state index is 0.136. The van der Waals surface area contributed by atoms with Crippen LogP contribution >= 0.6 is 39.1 Å². The highest BCUT2D eigenvalue weighted by molar-refractivity contribution is 9.10. The monoisotopic (exact) mass is 551 g/mol. The number of aromatic nitrogens is 2. The molecule has 0 spiro atoms. The largest absolute Gasteiger partial charge is 0.320 e. The molecule has 11 heteroatoms. The van der Waals surface area contributed by atoms with Crippen LogP contribution in [0.5, 0.6) is 0 Å². The van der Waals surface area contributed by atoms with Crippen LogP contribution in [0.4, 0.5) is 5.69 Å². The molecule has 0 aliphatic carbocycles. The van der Waals surface area contributed by atoms with Crippen molar-refractivity contribution < 1.29 is 14.4 Å². The molecule has 0 saturated carbocycles. The Hall–Kier alpha value is -2.88. The van der Waals surface area contributed by atoms with Crippen LogP contribution in [0.3, 0.4) is 0 Å². The second kappa shape index (κ2) is 9.94. The molecule has 8 nitrogen and oxygen atoms in total. The molecule has 0 unspecified atom stereocenters. The summed E-state index contributed by atoms with van der Waals surface area (Å²) in [7, 11) is 2.92. The Kier molecular flexibility index (Phi) is 7.46. The van der Waals surface area contributed by atoms with Crippen LogP contribution in [0.25, 0.3) is 5.82 Å². The quantitative estimate of drug-likeness (QED) is 0.463. The van der Waals surface area contributed by atoms with Crippen molar-refractivity contribution >= 4 is 62.5 Å². The number of rotatable bonds is 4. The predicted molar refractivity (Wildman–Crippen MR) is 131 cm³/mol. The zero-order valence-corrected chi connectivity index (χ0v) is 21.3. The molecular weight excluding hydrogens is 533 g/mol. The predicted octanol–water partition coefficient (Wildman–Crippen LogP) is 4.97. The van der Waals surface area contributed by atoms with Gasteiger partial charge in [0.2, 0.25) is 5.91 Å². The van der Waals surface area contributed by atoms with Crippen molar-refractivity contribution in [1.82, 2.24) is 19.6 Å². The second-order valence-corrected chi connectivity index (χ2v) is 8.95. The van der Waals surface area contributed by atoms with E-state index in [1.54, 1.807) is 48.1 Å². The van der Waals surface area contributed by atoms with E-state index in [0.717, 1.165) is 10.0 Å². The zero-order valence-electron chi connectivity index (χ0n) is 18.2. The first-order valence-electron chi connectivity index (χ1n) is 9.63. The van der Waals surface area contributed by atoms with E-state index >= 15 is 0 Å². The maximum atomic E-state index is 13.3. The number of amides is 3. The lowest BCUT2D eigenvalue weighted by Gasteiger charge is -2.28. The van der Waals surface area contributed by atoms with Crippen molar-refractivity contribution in [1.29, 1.82) is 0 Å². The molecule has 2 aromatic heterocycles. The van der Waals surface area contributed by atoms with Gasteiger partial charge in [-0.1, -0.05) is 23.2 Å². The Morgan fingerprint density at radius 1 is 1.12 bits per heavy atom. The van der Waals surface area contributed by atoms with Gasteiger partial charge in [0.15, 0.2) is 5.82 Å². The van der Waals surface area contributed by atoms with Crippen molar-refractivity contribution in [3.63, 3.8) is 0 Å². The molecule has 1 aromatic carbocycles. The highest BCUT2D eigenvalue weighted by Gasteiger charge is 2.25. The molecule has 0 atom stereocenters. The maximum absolute atomic E-state index is 13.3. The average molecular weight is 553 g/mol. The Bertz CT molecular complexity index is 1260. The molecule has 3 aromatic rings. The first kappa shape index (κ1) is 24.8. The lowest BCUT2D eigenvalue weighted by Crippen LogP contribution is -2.44. The summed E-state index contributed by atoms with van der Waals surface area (Å²) in [5, 5.41) is 5.80. The summed E-state index contributed by atoms with van der Waals surface area (Å²) in [5.41, 5.74) is 1.22. The molecule has 0 radical (unpaired) electrons. The SMILES string of the molecule is CC(=O)N(C)N(C)C(=O)c1cc(Cl)cc(C)c1NC(=O)c1cc(Br)cn1-c1ncccc1Cl. The van der Waals surface area contributed by atoms with E-state index in [0.29, 0.717) is 25.9 Å². The minimum Gasteiger partial charge on any atom is -0.320 e. The molecule has 0 aliphatic rings. The third-order valence-electron chi connectivity index (χ3n) is 4.96. The first-order chi connectivity index (χ1) is 15.5. The summed E-state index contributed by atoms with van der Waals surface area (Å²) in [5.74, 6) is -0.963. The molecule has 0 bridgehead atoms. The number of carbonyl (C=O) groups excluding carboxylic acids is 3. The van der Waals surface area contributed by atoms with Gasteiger partial charge in [0.1, 0.15) is 5.69 Å². The molecule has 3 rings (SSSR count). The highest BCUT2D eigenvalue weighted by atomic mass is 79.9. The van der Waals surface area contributed by atoms with Gasteiger partial charge in [-0.05, 0) is 58.7 Å². The summed E-state index contributed by atoms with van der Waals surface area (Å²) in [6.45, 7) is 3.06. The Balaban J connectivity index is 2.03. The number of aryl methyl sites for hydroxylation is 1. The summed E-state index contributed by atoms with van der Waals surface area (Å²) < 4.78 is 2.19. The van der Waals surface area contributed by atoms with Crippen molar-refractivity contribution in [3.05, 3.63) is 74.1 Å². The van der Waals surface area contributed by atoms with Crippen LogP contribution in [-0.4, -0.2) is 51.4 Å². The number of halogens is 3. The zero-order chi connectivity index (χ0) is 24.4. The van der Waals surface area contributed by atoms with E-state index in [-0.39, 0.29) is 22.9 Å². The highest BCUT2D eigenvalue weighted by Crippen LogP contribution is 2.29. The van der Waals surface area contributed by atoms with Gasteiger partial charge in [0.05, 0.1) is 16.3 Å². The lowest BCUT2D eigenvalue weighted by molar-refractivity contribution is -0.137. The van der Waals surface area contributed by atoms with E-state index in [1.807, 2.05) is 0 Å². The van der Waals surface area contributed by atoms with Crippen molar-refractivity contribution in [2.75, 3.05) is 19.4 Å². The number of carbonyl (C=O) groups is 3. The van der Waals surface area contributed by atoms with Crippen molar-refractivity contribution in [2.24, 2.45) is 0 Å². The van der Waals surface area contributed by atoms with Crippen LogP contribution in [0.2, 0.25) is 10.0 Å². The Labute approximate surface area is 209 Å². The van der Waals surface area contributed by atoms with Gasteiger partial charge in [-0.3, -0.25) is 29.0 Å². The smallest absolute Gasteiger partial charge is 0.274 e. The number of anilines is 1. The molecular formula is C22H20BrCl2N5O3. The van der Waals surface area contributed by atoms with Gasteiger partial charge < -0.3 is 5.32 Å². The fraction of sp³-hybridized carbons (Fsp3) is 0.182. The Morgan fingerprint density at radius 2 is 1.82 bits per heavy atom. The molecule has 0 aliphatic heterocycles. The van der Waals surface area contributed by atoms with Crippen LogP contribution in [-0.2, 0) is 4.79 Å². The summed E-state index contributed by atoms with van der Waals surface area (Å²) in [6.07, 6.45) is 3.23. The number of hydrogen-bond acceptors (Lipinski definition) is 4. The molecule has 0 fully saturated rings. The van der Waals surface area contributed by atoms with E-state index in [2.05, 4.69) is 26.2 Å². The van der Waals surface area contributed by atoms with E-state index in [9.17, 15) is 14.4 Å². The van der Waals surface area contributed by atoms with Gasteiger partial charge in [-0.15, -0.1) is 0 Å². The number of benzene rings is 1. The normalized spacial score (nSPS) is 10.6. The van der Waals surface area contributed by atoms with Gasteiger partial charge in [-0.25, -0.2) is 4.98 Å². The Morgan fingerprint density at radius 3 is 2.45 bits per heavy atom. The summed E-state index contributed by atoms with van der Waals surface area (Å²) in [6, 6.07) is 8.05. The lowest BCUT2D eigenvalue weighted by atomic mass is 10.1. The van der Waals surface area contributed by atoms with Crippen molar-refractivity contribution in [2.45, 2.75) is 13.8 Å².